The van der Waals surface area contributed by atoms with Crippen molar-refractivity contribution in [2.24, 2.45) is 0 Å². The number of hydrogen-bond donors (Lipinski definition) is 2. The summed E-state index contributed by atoms with van der Waals surface area (Å²) in [7, 11) is 0. The second-order valence-electron chi connectivity index (χ2n) is 6.94. The lowest BCUT2D eigenvalue weighted by atomic mass is 9.92. The summed E-state index contributed by atoms with van der Waals surface area (Å²) >= 11 is 0. The highest BCUT2D eigenvalue weighted by atomic mass is 19.1. The summed E-state index contributed by atoms with van der Waals surface area (Å²) in [6, 6.07) is 4.38. The van der Waals surface area contributed by atoms with E-state index in [0.29, 0.717) is 17.4 Å². The summed E-state index contributed by atoms with van der Waals surface area (Å²) in [6.45, 7) is 2.97. The van der Waals surface area contributed by atoms with E-state index in [0.717, 1.165) is 42.5 Å². The maximum atomic E-state index is 12.8. The van der Waals surface area contributed by atoms with Gasteiger partial charge in [-0.1, -0.05) is 0 Å². The van der Waals surface area contributed by atoms with Gasteiger partial charge in [-0.2, -0.15) is 0 Å². The predicted molar refractivity (Wildman–Crippen MR) is 102 cm³/mol. The van der Waals surface area contributed by atoms with E-state index in [1.165, 1.54) is 6.21 Å². The summed E-state index contributed by atoms with van der Waals surface area (Å²) < 4.78 is 18.6. The van der Waals surface area contributed by atoms with Gasteiger partial charge in [0, 0.05) is 48.1 Å². The molecule has 1 saturated carbocycles. The van der Waals surface area contributed by atoms with Crippen LogP contribution in [-0.2, 0) is 11.2 Å². The first-order valence-electron chi connectivity index (χ1n) is 9.18. The van der Waals surface area contributed by atoms with Crippen molar-refractivity contribution in [2.75, 3.05) is 18.2 Å². The van der Waals surface area contributed by atoms with Gasteiger partial charge in [0.15, 0.2) is 0 Å². The zero-order chi connectivity index (χ0) is 18.7. The quantitative estimate of drug-likeness (QED) is 0.733. The number of nitrogens with one attached hydrogen (secondary N) is 2. The van der Waals surface area contributed by atoms with Gasteiger partial charge < -0.3 is 20.4 Å². The van der Waals surface area contributed by atoms with Crippen LogP contribution in [0, 0.1) is 5.41 Å². The lowest BCUT2D eigenvalue weighted by molar-refractivity contribution is -0.117. The summed E-state index contributed by atoms with van der Waals surface area (Å²) in [5.74, 6) is 0.575. The molecule has 1 aromatic rings. The number of allylic oxidation sites excluding steroid dienone is 1. The summed E-state index contributed by atoms with van der Waals surface area (Å²) in [6.07, 6.45) is 6.99. The highest BCUT2D eigenvalue weighted by Crippen LogP contribution is 2.41. The van der Waals surface area contributed by atoms with Gasteiger partial charge in [-0.25, -0.2) is 4.39 Å². The van der Waals surface area contributed by atoms with Crippen molar-refractivity contribution in [1.82, 2.24) is 5.32 Å². The fourth-order valence-corrected chi connectivity index (χ4v) is 3.47. The first-order valence-corrected chi connectivity index (χ1v) is 9.18. The van der Waals surface area contributed by atoms with Crippen molar-refractivity contribution in [3.05, 3.63) is 29.5 Å². The first-order chi connectivity index (χ1) is 12.6. The first kappa shape index (κ1) is 18.4. The van der Waals surface area contributed by atoms with Crippen LogP contribution in [0.5, 0.6) is 5.75 Å². The molecule has 5 nitrogen and oxygen atoms in total. The number of alkyl halides is 1. The van der Waals surface area contributed by atoms with E-state index in [1.807, 2.05) is 25.3 Å². The molecule has 26 heavy (non-hydrogen) atoms. The smallest absolute Gasteiger partial charge is 0.224 e. The highest BCUT2D eigenvalue weighted by Gasteiger charge is 2.30. The van der Waals surface area contributed by atoms with E-state index in [4.69, 9.17) is 10.1 Å². The third-order valence-corrected chi connectivity index (χ3v) is 4.93. The maximum Gasteiger partial charge on any atom is 0.224 e. The molecule has 0 aromatic heterocycles. The molecule has 0 bridgehead atoms. The monoisotopic (exact) mass is 359 g/mol. The Morgan fingerprint density at radius 3 is 2.81 bits per heavy atom. The number of carbonyl (C=O) groups is 1. The van der Waals surface area contributed by atoms with Crippen LogP contribution in [-0.4, -0.2) is 37.5 Å². The fraction of sp³-hybridized carbons (Fsp3) is 0.500. The molecule has 1 amide bonds. The number of anilines is 1. The Kier molecular flexibility index (Phi) is 5.59. The zero-order valence-electron chi connectivity index (χ0n) is 15.3. The Morgan fingerprint density at radius 1 is 1.42 bits per heavy atom. The minimum absolute atomic E-state index is 0.0131. The molecule has 1 fully saturated rings. The van der Waals surface area contributed by atoms with Gasteiger partial charge in [-0.05, 0) is 44.7 Å². The molecule has 1 heterocycles. The second kappa shape index (κ2) is 7.89. The van der Waals surface area contributed by atoms with Gasteiger partial charge in [0.2, 0.25) is 5.91 Å². The van der Waals surface area contributed by atoms with Crippen molar-refractivity contribution >= 4 is 23.4 Å². The van der Waals surface area contributed by atoms with Crippen LogP contribution in [0.1, 0.15) is 44.2 Å². The molecule has 1 aromatic carbocycles. The van der Waals surface area contributed by atoms with Crippen LogP contribution in [0.3, 0.4) is 0 Å². The Balaban J connectivity index is 2.06. The fourth-order valence-electron chi connectivity index (χ4n) is 3.47. The molecular weight excluding hydrogens is 333 g/mol. The largest absolute Gasteiger partial charge is 0.490 e. The maximum absolute atomic E-state index is 12.8. The lowest BCUT2D eigenvalue weighted by Crippen LogP contribution is -2.40. The highest BCUT2D eigenvalue weighted by molar-refractivity contribution is 6.10. The molecule has 3 rings (SSSR count). The van der Waals surface area contributed by atoms with E-state index >= 15 is 0 Å². The molecule has 0 spiro atoms. The number of amides is 1. The van der Waals surface area contributed by atoms with Crippen molar-refractivity contribution in [3.63, 3.8) is 0 Å². The average molecular weight is 359 g/mol. The van der Waals surface area contributed by atoms with E-state index < -0.39 is 6.67 Å². The van der Waals surface area contributed by atoms with Crippen LogP contribution < -0.4 is 15.0 Å². The average Bonchev–Trinajstić information content (AvgIpc) is 3.44. The normalized spacial score (nSPS) is 19.7. The van der Waals surface area contributed by atoms with Gasteiger partial charge in [-0.15, -0.1) is 0 Å². The van der Waals surface area contributed by atoms with E-state index in [9.17, 15) is 9.18 Å². The predicted octanol–water partition coefficient (Wildman–Crippen LogP) is 3.46. The number of rotatable bonds is 7. The molecule has 2 aliphatic rings. The molecule has 1 unspecified atom stereocenters. The standard InChI is InChI=1S/C20H26FN3O2/c1-13-3-6-18-19(24(13)14(2)25)8-7-17(20(18)26-10-9-21)15(11-22)12-23-16-4-5-16/h7-8,11-13,16,22-23H,3-6,9-10H2,1-2H3/b15-12+,22-11?. The molecule has 6 heteroatoms. The van der Waals surface area contributed by atoms with Crippen molar-refractivity contribution in [3.8, 4) is 5.75 Å². The minimum Gasteiger partial charge on any atom is -0.490 e. The number of carbonyl (C=O) groups excluding carboxylic acids is 1. The third kappa shape index (κ3) is 3.74. The van der Waals surface area contributed by atoms with Crippen molar-refractivity contribution in [1.29, 1.82) is 5.41 Å². The number of nitrogens with zero attached hydrogens (tertiary/aromatic N) is 1. The Labute approximate surface area is 153 Å². The van der Waals surface area contributed by atoms with E-state index in [1.54, 1.807) is 11.8 Å². The lowest BCUT2D eigenvalue weighted by Gasteiger charge is -2.36. The molecule has 0 radical (unpaired) electrons. The van der Waals surface area contributed by atoms with E-state index in [2.05, 4.69) is 5.32 Å². The molecule has 2 N–H and O–H groups in total. The van der Waals surface area contributed by atoms with Crippen molar-refractivity contribution in [2.45, 2.75) is 51.6 Å². The minimum atomic E-state index is -0.583. The van der Waals surface area contributed by atoms with Gasteiger partial charge in [-0.3, -0.25) is 4.79 Å². The number of ether oxygens (including phenoxy) is 1. The van der Waals surface area contributed by atoms with Gasteiger partial charge in [0.1, 0.15) is 19.0 Å². The molecule has 1 aliphatic carbocycles. The molecule has 1 aliphatic heterocycles. The van der Waals surface area contributed by atoms with E-state index in [-0.39, 0.29) is 18.6 Å². The Morgan fingerprint density at radius 2 is 2.19 bits per heavy atom. The van der Waals surface area contributed by atoms with Crippen LogP contribution >= 0.6 is 0 Å². The summed E-state index contributed by atoms with van der Waals surface area (Å²) in [5, 5.41) is 11.1. The van der Waals surface area contributed by atoms with Crippen LogP contribution in [0.2, 0.25) is 0 Å². The van der Waals surface area contributed by atoms with Gasteiger partial charge in [0.25, 0.3) is 0 Å². The van der Waals surface area contributed by atoms with Gasteiger partial charge >= 0.3 is 0 Å². The van der Waals surface area contributed by atoms with Crippen LogP contribution in [0.4, 0.5) is 10.1 Å². The number of fused-ring (bicyclic) bond motifs is 1. The van der Waals surface area contributed by atoms with Crippen LogP contribution in [0.25, 0.3) is 5.57 Å². The molecule has 1 atom stereocenters. The van der Waals surface area contributed by atoms with Crippen molar-refractivity contribution < 1.29 is 13.9 Å². The second-order valence-corrected chi connectivity index (χ2v) is 6.94. The number of halogens is 1. The third-order valence-electron chi connectivity index (χ3n) is 4.93. The molecule has 140 valence electrons. The van der Waals surface area contributed by atoms with Gasteiger partial charge in [0.05, 0.1) is 5.69 Å². The topological polar surface area (TPSA) is 65.4 Å². The zero-order valence-corrected chi connectivity index (χ0v) is 15.3. The molecule has 0 saturated heterocycles. The summed E-state index contributed by atoms with van der Waals surface area (Å²) in [5.41, 5.74) is 3.21. The Bertz CT molecular complexity index is 728. The summed E-state index contributed by atoms with van der Waals surface area (Å²) in [4.78, 5) is 13.9. The van der Waals surface area contributed by atoms with Crippen LogP contribution in [0.15, 0.2) is 18.3 Å². The SMILES string of the molecule is CC(=O)N1c2ccc(/C(C=N)=C/NC3CC3)c(OCCF)c2CCC1C. The molecular formula is C20H26FN3O2. The number of benzene rings is 1. The Hall–Kier alpha value is -2.37. The number of hydrogen-bond acceptors (Lipinski definition) is 4.